The Morgan fingerprint density at radius 1 is 1.21 bits per heavy atom. The molecule has 1 aromatic heterocycles. The van der Waals surface area contributed by atoms with Crippen molar-refractivity contribution in [3.8, 4) is 0 Å². The summed E-state index contributed by atoms with van der Waals surface area (Å²) >= 11 is 0. The number of aliphatic carboxylic acids is 2. The predicted molar refractivity (Wildman–Crippen MR) is 83.5 cm³/mol. The van der Waals surface area contributed by atoms with Crippen molar-refractivity contribution < 1.29 is 24.6 Å². The number of oxime groups is 1. The van der Waals surface area contributed by atoms with Crippen molar-refractivity contribution in [2.45, 2.75) is 31.0 Å². The van der Waals surface area contributed by atoms with Gasteiger partial charge in [0.15, 0.2) is 6.10 Å². The van der Waals surface area contributed by atoms with Crippen LogP contribution in [0.1, 0.15) is 18.4 Å². The Balaban J connectivity index is 0.000000183. The van der Waals surface area contributed by atoms with Gasteiger partial charge >= 0.3 is 11.9 Å². The minimum Gasteiger partial charge on any atom is -0.478 e. The number of hydrogen-bond acceptors (Lipinski definition) is 6. The summed E-state index contributed by atoms with van der Waals surface area (Å²) in [5, 5.41) is 23.5. The summed E-state index contributed by atoms with van der Waals surface area (Å²) in [6.07, 6.45) is 7.50. The molecule has 0 spiro atoms. The van der Waals surface area contributed by atoms with E-state index >= 15 is 0 Å². The van der Waals surface area contributed by atoms with Crippen molar-refractivity contribution in [1.29, 1.82) is 0 Å². The molecule has 2 fully saturated rings. The molecular formula is C16H17N3O5. The third-order valence-corrected chi connectivity index (χ3v) is 4.32. The Kier molecular flexibility index (Phi) is 4.57. The minimum atomic E-state index is -1.26. The van der Waals surface area contributed by atoms with Crippen LogP contribution < -0.4 is 5.32 Å². The molecule has 0 aromatic carbocycles. The number of carboxylic acids is 2. The zero-order chi connectivity index (χ0) is 17.1. The summed E-state index contributed by atoms with van der Waals surface area (Å²) in [4.78, 5) is 28.8. The van der Waals surface area contributed by atoms with Crippen molar-refractivity contribution in [2.24, 2.45) is 11.1 Å². The van der Waals surface area contributed by atoms with E-state index in [1.807, 2.05) is 12.3 Å². The van der Waals surface area contributed by atoms with Gasteiger partial charge in [-0.15, -0.1) is 0 Å². The van der Waals surface area contributed by atoms with Crippen LogP contribution in [0.4, 0.5) is 0 Å². The van der Waals surface area contributed by atoms with E-state index in [-0.39, 0.29) is 6.10 Å². The second kappa shape index (κ2) is 6.79. The van der Waals surface area contributed by atoms with Crippen LogP contribution in [-0.2, 0) is 14.4 Å². The first kappa shape index (κ1) is 16.1. The fourth-order valence-corrected chi connectivity index (χ4v) is 3.39. The van der Waals surface area contributed by atoms with E-state index in [2.05, 4.69) is 21.5 Å². The highest BCUT2D eigenvalue weighted by atomic mass is 16.6. The van der Waals surface area contributed by atoms with Crippen molar-refractivity contribution in [3.63, 3.8) is 0 Å². The molecule has 4 rings (SSSR count). The molecule has 3 N–H and O–H groups in total. The van der Waals surface area contributed by atoms with Crippen LogP contribution in [0, 0.1) is 5.92 Å². The van der Waals surface area contributed by atoms with Crippen LogP contribution in [0.3, 0.4) is 0 Å². The number of nitrogens with one attached hydrogen (secondary N) is 1. The summed E-state index contributed by atoms with van der Waals surface area (Å²) < 4.78 is 0. The lowest BCUT2D eigenvalue weighted by Gasteiger charge is -2.20. The van der Waals surface area contributed by atoms with Gasteiger partial charge in [-0.2, -0.15) is 0 Å². The standard InChI is InChI=1S/C12H13N3O.C4H4O4/c1-2-7(6-13-5-1)11-10-8-3-4-9(14-8)12(10)16-15-11;5-3(6)1-2-4(7)8/h1-2,5-6,8-10,12,14H,3-4H2;1-2H,(H,5,6)(H,7,8)/b;2-1+/t8-,9+,10+,12+;/m1./s1. The minimum absolute atomic E-state index is 0.258. The van der Waals surface area contributed by atoms with Crippen molar-refractivity contribution >= 4 is 17.7 Å². The number of pyridine rings is 1. The summed E-state index contributed by atoms with van der Waals surface area (Å²) in [6, 6.07) is 5.07. The molecule has 0 aliphatic carbocycles. The number of nitrogens with zero attached hydrogens (tertiary/aromatic N) is 2. The number of hydrogen-bond donors (Lipinski definition) is 3. The molecule has 8 heteroatoms. The number of carboxylic acid groups (broad SMARTS) is 2. The Bertz CT molecular complexity index is 672. The van der Waals surface area contributed by atoms with E-state index in [9.17, 15) is 9.59 Å². The average Bonchev–Trinajstić information content (AvgIpc) is 3.27. The molecule has 0 radical (unpaired) electrons. The third-order valence-electron chi connectivity index (χ3n) is 4.32. The molecule has 0 saturated carbocycles. The normalized spacial score (nSPS) is 29.4. The number of carbonyl (C=O) groups is 2. The van der Waals surface area contributed by atoms with Gasteiger partial charge in [0, 0.05) is 42.2 Å². The van der Waals surface area contributed by atoms with E-state index in [4.69, 9.17) is 15.1 Å². The second-order valence-electron chi connectivity index (χ2n) is 5.78. The van der Waals surface area contributed by atoms with Gasteiger partial charge in [-0.25, -0.2) is 9.59 Å². The molecule has 2 saturated heterocycles. The van der Waals surface area contributed by atoms with Crippen molar-refractivity contribution in [2.75, 3.05) is 0 Å². The number of fused-ring (bicyclic) bond motifs is 5. The monoisotopic (exact) mass is 331 g/mol. The molecule has 0 amide bonds. The van der Waals surface area contributed by atoms with Gasteiger partial charge in [0.05, 0.1) is 11.6 Å². The fraction of sp³-hybridized carbons (Fsp3) is 0.375. The van der Waals surface area contributed by atoms with Crippen LogP contribution >= 0.6 is 0 Å². The van der Waals surface area contributed by atoms with Gasteiger partial charge in [-0.1, -0.05) is 5.16 Å². The Morgan fingerprint density at radius 3 is 2.54 bits per heavy atom. The quantitative estimate of drug-likeness (QED) is 0.695. The van der Waals surface area contributed by atoms with Gasteiger partial charge in [0.2, 0.25) is 0 Å². The molecule has 126 valence electrons. The van der Waals surface area contributed by atoms with Gasteiger partial charge in [0.1, 0.15) is 0 Å². The summed E-state index contributed by atoms with van der Waals surface area (Å²) in [7, 11) is 0. The summed E-state index contributed by atoms with van der Waals surface area (Å²) in [5.41, 5.74) is 2.18. The molecule has 3 aliphatic rings. The van der Waals surface area contributed by atoms with Crippen molar-refractivity contribution in [3.05, 3.63) is 42.2 Å². The largest absolute Gasteiger partial charge is 0.478 e. The lowest BCUT2D eigenvalue weighted by Crippen LogP contribution is -2.34. The molecule has 1 aromatic rings. The molecule has 3 aliphatic heterocycles. The van der Waals surface area contributed by atoms with E-state index in [1.165, 1.54) is 12.8 Å². The van der Waals surface area contributed by atoms with Gasteiger partial charge in [-0.3, -0.25) is 4.98 Å². The van der Waals surface area contributed by atoms with Gasteiger partial charge in [-0.05, 0) is 25.0 Å². The maximum atomic E-state index is 9.55. The topological polar surface area (TPSA) is 121 Å². The highest BCUT2D eigenvalue weighted by Gasteiger charge is 2.54. The Labute approximate surface area is 137 Å². The lowest BCUT2D eigenvalue weighted by molar-refractivity contribution is -0.134. The smallest absolute Gasteiger partial charge is 0.328 e. The maximum absolute atomic E-state index is 9.55. The molecule has 2 bridgehead atoms. The lowest BCUT2D eigenvalue weighted by atomic mass is 9.82. The van der Waals surface area contributed by atoms with Crippen LogP contribution in [0.25, 0.3) is 0 Å². The van der Waals surface area contributed by atoms with E-state index in [0.717, 1.165) is 11.3 Å². The van der Waals surface area contributed by atoms with E-state index in [1.54, 1.807) is 6.20 Å². The Morgan fingerprint density at radius 2 is 1.92 bits per heavy atom. The van der Waals surface area contributed by atoms with Crippen LogP contribution in [0.2, 0.25) is 0 Å². The molecular weight excluding hydrogens is 314 g/mol. The molecule has 24 heavy (non-hydrogen) atoms. The maximum Gasteiger partial charge on any atom is 0.328 e. The van der Waals surface area contributed by atoms with E-state index in [0.29, 0.717) is 30.2 Å². The van der Waals surface area contributed by atoms with Gasteiger partial charge in [0.25, 0.3) is 0 Å². The zero-order valence-electron chi connectivity index (χ0n) is 12.7. The SMILES string of the molecule is O=C(O)/C=C/C(=O)O.c1cncc(C2=NO[C@@H]3[C@H]2[C@H]2CC[C@@H]3N2)c1. The van der Waals surface area contributed by atoms with Crippen LogP contribution in [0.15, 0.2) is 41.8 Å². The first-order valence-electron chi connectivity index (χ1n) is 7.60. The Hall–Kier alpha value is -2.74. The van der Waals surface area contributed by atoms with Crippen LogP contribution in [0.5, 0.6) is 0 Å². The fourth-order valence-electron chi connectivity index (χ4n) is 3.39. The zero-order valence-corrected chi connectivity index (χ0v) is 12.7. The average molecular weight is 331 g/mol. The number of rotatable bonds is 3. The summed E-state index contributed by atoms with van der Waals surface area (Å²) in [5.74, 6) is -2.08. The third kappa shape index (κ3) is 3.28. The predicted octanol–water partition coefficient (Wildman–Crippen LogP) is 0.647. The highest BCUT2D eigenvalue weighted by molar-refractivity contribution is 6.03. The highest BCUT2D eigenvalue weighted by Crippen LogP contribution is 2.41. The van der Waals surface area contributed by atoms with Crippen molar-refractivity contribution in [1.82, 2.24) is 10.3 Å². The summed E-state index contributed by atoms with van der Waals surface area (Å²) in [6.45, 7) is 0. The molecule has 0 unspecified atom stereocenters. The molecule has 4 heterocycles. The first-order chi connectivity index (χ1) is 11.6. The first-order valence-corrected chi connectivity index (χ1v) is 7.60. The number of aromatic nitrogens is 1. The van der Waals surface area contributed by atoms with Crippen LogP contribution in [-0.4, -0.2) is 51.0 Å². The molecule has 8 nitrogen and oxygen atoms in total. The van der Waals surface area contributed by atoms with E-state index < -0.39 is 11.9 Å². The van der Waals surface area contributed by atoms with Gasteiger partial charge < -0.3 is 20.4 Å². The second-order valence-corrected chi connectivity index (χ2v) is 5.78. The molecule has 4 atom stereocenters.